The Morgan fingerprint density at radius 3 is 1.45 bits per heavy atom. The van der Waals surface area contributed by atoms with Crippen LogP contribution in [0.4, 0.5) is 0 Å². The van der Waals surface area contributed by atoms with Crippen molar-refractivity contribution in [3.63, 3.8) is 0 Å². The maximum Gasteiger partial charge on any atom is 0.297 e. The molecule has 4 rings (SSSR count). The maximum atomic E-state index is 13.3. The van der Waals surface area contributed by atoms with Crippen molar-refractivity contribution >= 4 is 10.1 Å². The highest BCUT2D eigenvalue weighted by atomic mass is 32.2. The zero-order chi connectivity index (χ0) is 21.7. The average Bonchev–Trinajstić information content (AvgIpc) is 2.81. The van der Waals surface area contributed by atoms with E-state index in [0.29, 0.717) is 0 Å². The minimum atomic E-state index is -3.99. The first-order valence-corrected chi connectivity index (χ1v) is 11.6. The lowest BCUT2D eigenvalue weighted by Crippen LogP contribution is -2.20. The second-order valence-corrected chi connectivity index (χ2v) is 9.07. The summed E-state index contributed by atoms with van der Waals surface area (Å²) >= 11 is 0. The summed E-state index contributed by atoms with van der Waals surface area (Å²) in [6.45, 7) is 1.92. The zero-order valence-corrected chi connectivity index (χ0v) is 18.1. The smallest absolute Gasteiger partial charge is 0.257 e. The Morgan fingerprint density at radius 1 is 0.581 bits per heavy atom. The Hall–Kier alpha value is -3.21. The van der Waals surface area contributed by atoms with Gasteiger partial charge in [0.25, 0.3) is 10.1 Å². The van der Waals surface area contributed by atoms with Crippen molar-refractivity contribution in [3.8, 4) is 0 Å². The Morgan fingerprint density at radius 2 is 1.00 bits per heavy atom. The van der Waals surface area contributed by atoms with Crippen LogP contribution in [-0.2, 0) is 14.3 Å². The number of benzene rings is 4. The maximum absolute atomic E-state index is 13.3. The molecule has 1 unspecified atom stereocenters. The van der Waals surface area contributed by atoms with E-state index in [-0.39, 0.29) is 10.8 Å². The van der Waals surface area contributed by atoms with Crippen LogP contribution < -0.4 is 0 Å². The van der Waals surface area contributed by atoms with E-state index in [0.717, 1.165) is 22.3 Å². The van der Waals surface area contributed by atoms with Gasteiger partial charge in [0, 0.05) is 5.92 Å². The van der Waals surface area contributed by atoms with Gasteiger partial charge in [-0.05, 0) is 35.7 Å². The molecule has 3 nitrogen and oxygen atoms in total. The van der Waals surface area contributed by atoms with Gasteiger partial charge < -0.3 is 0 Å². The predicted molar refractivity (Wildman–Crippen MR) is 123 cm³/mol. The molecular formula is C27H24O3S. The van der Waals surface area contributed by atoms with Gasteiger partial charge in [0.15, 0.2) is 0 Å². The van der Waals surface area contributed by atoms with Crippen LogP contribution >= 0.6 is 0 Å². The van der Waals surface area contributed by atoms with Crippen molar-refractivity contribution in [1.82, 2.24) is 0 Å². The van der Waals surface area contributed by atoms with E-state index in [4.69, 9.17) is 4.18 Å². The van der Waals surface area contributed by atoms with Crippen LogP contribution in [0, 0.1) is 6.92 Å². The zero-order valence-electron chi connectivity index (χ0n) is 17.3. The lowest BCUT2D eigenvalue weighted by Gasteiger charge is -2.28. The third-order valence-electron chi connectivity index (χ3n) is 5.29. The van der Waals surface area contributed by atoms with Crippen molar-refractivity contribution in [2.75, 3.05) is 0 Å². The minimum absolute atomic E-state index is 0.152. The van der Waals surface area contributed by atoms with Crippen molar-refractivity contribution in [2.45, 2.75) is 23.8 Å². The summed E-state index contributed by atoms with van der Waals surface area (Å²) in [6.07, 6.45) is -0.725. The van der Waals surface area contributed by atoms with E-state index >= 15 is 0 Å². The van der Waals surface area contributed by atoms with Crippen LogP contribution in [0.25, 0.3) is 0 Å². The highest BCUT2D eigenvalue weighted by Gasteiger charge is 2.32. The molecule has 0 fully saturated rings. The van der Waals surface area contributed by atoms with Crippen LogP contribution in [0.1, 0.15) is 34.3 Å². The first-order chi connectivity index (χ1) is 15.0. The molecule has 156 valence electrons. The largest absolute Gasteiger partial charge is 0.297 e. The Kier molecular flexibility index (Phi) is 6.31. The van der Waals surface area contributed by atoms with Crippen LogP contribution in [0.3, 0.4) is 0 Å². The lowest BCUT2D eigenvalue weighted by molar-refractivity contribution is 0.194. The average molecular weight is 429 g/mol. The van der Waals surface area contributed by atoms with E-state index in [1.54, 1.807) is 24.3 Å². The third-order valence-corrected chi connectivity index (χ3v) is 6.60. The molecule has 1 atom stereocenters. The van der Waals surface area contributed by atoms with E-state index in [1.807, 2.05) is 97.9 Å². The lowest BCUT2D eigenvalue weighted by atomic mass is 9.84. The van der Waals surface area contributed by atoms with Crippen molar-refractivity contribution < 1.29 is 12.6 Å². The van der Waals surface area contributed by atoms with Crippen molar-refractivity contribution in [3.05, 3.63) is 138 Å². The van der Waals surface area contributed by atoms with Gasteiger partial charge in [-0.1, -0.05) is 109 Å². The normalized spacial score (nSPS) is 12.6. The van der Waals surface area contributed by atoms with Gasteiger partial charge in [-0.15, -0.1) is 0 Å². The first kappa shape index (κ1) is 21.0. The summed E-state index contributed by atoms with van der Waals surface area (Å²) in [6, 6.07) is 36.0. The van der Waals surface area contributed by atoms with E-state index in [9.17, 15) is 8.42 Å². The molecule has 0 bridgehead atoms. The molecular weight excluding hydrogens is 404 g/mol. The molecule has 0 aliphatic heterocycles. The minimum Gasteiger partial charge on any atom is -0.257 e. The van der Waals surface area contributed by atoms with Gasteiger partial charge in [-0.25, -0.2) is 0 Å². The van der Waals surface area contributed by atoms with Crippen LogP contribution in [0.2, 0.25) is 0 Å². The molecule has 0 saturated heterocycles. The van der Waals surface area contributed by atoms with Gasteiger partial charge in [0.2, 0.25) is 0 Å². The van der Waals surface area contributed by atoms with Gasteiger partial charge in [0.05, 0.1) is 4.90 Å². The highest BCUT2D eigenvalue weighted by Crippen LogP contribution is 2.41. The van der Waals surface area contributed by atoms with E-state index in [2.05, 4.69) is 0 Å². The van der Waals surface area contributed by atoms with Gasteiger partial charge in [-0.3, -0.25) is 4.18 Å². The van der Waals surface area contributed by atoms with Crippen LogP contribution in [0.5, 0.6) is 0 Å². The molecule has 0 amide bonds. The molecule has 0 heterocycles. The van der Waals surface area contributed by atoms with Crippen LogP contribution in [-0.4, -0.2) is 8.42 Å². The quantitative estimate of drug-likeness (QED) is 0.326. The summed E-state index contributed by atoms with van der Waals surface area (Å²) in [7, 11) is -3.99. The number of hydrogen-bond acceptors (Lipinski definition) is 3. The van der Waals surface area contributed by atoms with Gasteiger partial charge in [0.1, 0.15) is 6.10 Å². The highest BCUT2D eigenvalue weighted by molar-refractivity contribution is 7.86. The Bertz CT molecular complexity index is 1160. The van der Waals surface area contributed by atoms with Crippen LogP contribution in [0.15, 0.2) is 120 Å². The Balaban J connectivity index is 1.84. The molecule has 0 aromatic heterocycles. The number of hydrogen-bond donors (Lipinski definition) is 0. The summed E-state index contributed by atoms with van der Waals surface area (Å²) in [5.41, 5.74) is 3.77. The summed E-state index contributed by atoms with van der Waals surface area (Å²) in [5.74, 6) is -0.301. The molecule has 0 aliphatic carbocycles. The fraction of sp³-hybridized carbons (Fsp3) is 0.111. The second kappa shape index (κ2) is 9.29. The fourth-order valence-electron chi connectivity index (χ4n) is 3.71. The van der Waals surface area contributed by atoms with Gasteiger partial charge >= 0.3 is 0 Å². The third kappa shape index (κ3) is 4.93. The number of aryl methyl sites for hydroxylation is 1. The summed E-state index contributed by atoms with van der Waals surface area (Å²) < 4.78 is 32.5. The molecule has 4 aromatic carbocycles. The standard InChI is InChI=1S/C27H24O3S/c1-21-17-19-25(20-18-21)31(28,29)30-27(24-15-9-4-10-16-24)26(22-11-5-2-6-12-22)23-13-7-3-8-14-23/h2-20,26-27H,1H3. The summed E-state index contributed by atoms with van der Waals surface area (Å²) in [4.78, 5) is 0.152. The van der Waals surface area contributed by atoms with Crippen molar-refractivity contribution in [1.29, 1.82) is 0 Å². The first-order valence-electron chi connectivity index (χ1n) is 10.2. The Labute approximate surface area is 184 Å². The molecule has 0 radical (unpaired) electrons. The van der Waals surface area contributed by atoms with Gasteiger partial charge in [-0.2, -0.15) is 8.42 Å². The molecule has 0 N–H and O–H groups in total. The molecule has 0 spiro atoms. The SMILES string of the molecule is Cc1ccc(S(=O)(=O)OC(c2ccccc2)C(c2ccccc2)c2ccccc2)cc1. The summed E-state index contributed by atoms with van der Waals surface area (Å²) in [5, 5.41) is 0. The molecule has 0 saturated carbocycles. The fourth-order valence-corrected chi connectivity index (χ4v) is 4.78. The number of rotatable bonds is 7. The van der Waals surface area contributed by atoms with E-state index in [1.165, 1.54) is 0 Å². The second-order valence-electron chi connectivity index (χ2n) is 7.49. The molecule has 4 aromatic rings. The van der Waals surface area contributed by atoms with E-state index < -0.39 is 16.2 Å². The molecule has 0 aliphatic rings. The monoisotopic (exact) mass is 428 g/mol. The topological polar surface area (TPSA) is 43.4 Å². The molecule has 4 heteroatoms. The predicted octanol–water partition coefficient (Wildman–Crippen LogP) is 6.27. The van der Waals surface area contributed by atoms with Crippen molar-refractivity contribution in [2.24, 2.45) is 0 Å². The molecule has 31 heavy (non-hydrogen) atoms.